The van der Waals surface area contributed by atoms with Crippen LogP contribution in [0.25, 0.3) is 0 Å². The average Bonchev–Trinajstić information content (AvgIpc) is 2.99. The second-order valence-corrected chi connectivity index (χ2v) is 7.19. The number of carbonyl (C=O) groups excluding carboxylic acids is 2. The van der Waals surface area contributed by atoms with E-state index < -0.39 is 0 Å². The first-order valence-corrected chi connectivity index (χ1v) is 9.95. The van der Waals surface area contributed by atoms with Crippen LogP contribution < -0.4 is 14.8 Å². The third-order valence-corrected chi connectivity index (χ3v) is 5.08. The van der Waals surface area contributed by atoms with Gasteiger partial charge in [0.2, 0.25) is 5.91 Å². The van der Waals surface area contributed by atoms with Gasteiger partial charge >= 0.3 is 0 Å². The van der Waals surface area contributed by atoms with E-state index in [1.54, 1.807) is 6.07 Å². The van der Waals surface area contributed by atoms with E-state index in [0.717, 1.165) is 6.42 Å². The van der Waals surface area contributed by atoms with Gasteiger partial charge in [0, 0.05) is 49.9 Å². The molecular weight excluding hydrogens is 370 g/mol. The third kappa shape index (κ3) is 4.86. The summed E-state index contributed by atoms with van der Waals surface area (Å²) in [5.41, 5.74) is 1.39. The Morgan fingerprint density at radius 3 is 2.38 bits per heavy atom. The lowest BCUT2D eigenvalue weighted by Gasteiger charge is -2.34. The fourth-order valence-corrected chi connectivity index (χ4v) is 3.52. The molecule has 2 aromatic rings. The smallest absolute Gasteiger partial charge is 0.253 e. The quantitative estimate of drug-likeness (QED) is 0.860. The molecule has 0 bridgehead atoms. The summed E-state index contributed by atoms with van der Waals surface area (Å²) in [5.74, 6) is 1.33. The summed E-state index contributed by atoms with van der Waals surface area (Å²) >= 11 is 0. The third-order valence-electron chi connectivity index (χ3n) is 5.08. The Bertz CT molecular complexity index is 864. The van der Waals surface area contributed by atoms with E-state index in [-0.39, 0.29) is 11.8 Å². The van der Waals surface area contributed by atoms with Crippen molar-refractivity contribution in [3.8, 4) is 11.5 Å². The lowest BCUT2D eigenvalue weighted by molar-refractivity contribution is -0.117. The van der Waals surface area contributed by atoms with Gasteiger partial charge < -0.3 is 19.7 Å². The van der Waals surface area contributed by atoms with Crippen LogP contribution in [0.2, 0.25) is 0 Å². The summed E-state index contributed by atoms with van der Waals surface area (Å²) in [6.07, 6.45) is 0.842. The van der Waals surface area contributed by atoms with Crippen molar-refractivity contribution in [2.45, 2.75) is 6.42 Å². The van der Waals surface area contributed by atoms with Crippen LogP contribution in [0.3, 0.4) is 0 Å². The maximum atomic E-state index is 12.5. The number of carbonyl (C=O) groups is 2. The van der Waals surface area contributed by atoms with Crippen LogP contribution in [-0.2, 0) is 4.79 Å². The molecule has 7 heteroatoms. The molecule has 1 fully saturated rings. The minimum absolute atomic E-state index is 0.0434. The molecule has 0 saturated carbocycles. The fourth-order valence-electron chi connectivity index (χ4n) is 3.52. The van der Waals surface area contributed by atoms with Crippen molar-refractivity contribution in [3.05, 3.63) is 54.1 Å². The lowest BCUT2D eigenvalue weighted by Crippen LogP contribution is -2.50. The van der Waals surface area contributed by atoms with Crippen LogP contribution >= 0.6 is 0 Å². The van der Waals surface area contributed by atoms with E-state index in [1.807, 2.05) is 47.4 Å². The molecule has 2 amide bonds. The molecule has 152 valence electrons. The van der Waals surface area contributed by atoms with Crippen molar-refractivity contribution < 1.29 is 19.1 Å². The number of nitrogens with zero attached hydrogens (tertiary/aromatic N) is 2. The highest BCUT2D eigenvalue weighted by Gasteiger charge is 2.23. The van der Waals surface area contributed by atoms with Crippen LogP contribution in [0.15, 0.2) is 48.5 Å². The van der Waals surface area contributed by atoms with Gasteiger partial charge in [-0.3, -0.25) is 14.5 Å². The van der Waals surface area contributed by atoms with E-state index in [2.05, 4.69) is 10.2 Å². The minimum Gasteiger partial charge on any atom is -0.490 e. The molecule has 7 nitrogen and oxygen atoms in total. The van der Waals surface area contributed by atoms with Crippen LogP contribution in [0.1, 0.15) is 16.8 Å². The zero-order valence-electron chi connectivity index (χ0n) is 16.3. The second-order valence-electron chi connectivity index (χ2n) is 7.19. The first-order valence-electron chi connectivity index (χ1n) is 9.95. The van der Waals surface area contributed by atoms with Crippen molar-refractivity contribution in [2.24, 2.45) is 0 Å². The Morgan fingerprint density at radius 2 is 1.62 bits per heavy atom. The Kier molecular flexibility index (Phi) is 5.95. The molecule has 2 aliphatic rings. The van der Waals surface area contributed by atoms with Gasteiger partial charge in [0.25, 0.3) is 5.91 Å². The molecule has 0 unspecified atom stereocenters. The molecule has 0 aliphatic carbocycles. The van der Waals surface area contributed by atoms with Crippen LogP contribution in [0.4, 0.5) is 5.69 Å². The summed E-state index contributed by atoms with van der Waals surface area (Å²) in [5, 5.41) is 2.92. The maximum Gasteiger partial charge on any atom is 0.253 e. The van der Waals surface area contributed by atoms with Gasteiger partial charge in [-0.15, -0.1) is 0 Å². The number of hydrogen-bond donors (Lipinski definition) is 1. The predicted octanol–water partition coefficient (Wildman–Crippen LogP) is 2.24. The number of fused-ring (bicyclic) bond motifs is 1. The Labute approximate surface area is 170 Å². The SMILES string of the molecule is O=C(CN1CCN(C(=O)c2ccccc2)CC1)Nc1ccc2c(c1)OCCCO2. The van der Waals surface area contributed by atoms with Crippen LogP contribution in [-0.4, -0.2) is 67.6 Å². The van der Waals surface area contributed by atoms with E-state index in [9.17, 15) is 9.59 Å². The van der Waals surface area contributed by atoms with Gasteiger partial charge in [0.1, 0.15) is 0 Å². The van der Waals surface area contributed by atoms with E-state index in [1.165, 1.54) is 0 Å². The van der Waals surface area contributed by atoms with E-state index >= 15 is 0 Å². The van der Waals surface area contributed by atoms with Crippen molar-refractivity contribution in [2.75, 3.05) is 51.3 Å². The number of benzene rings is 2. The second kappa shape index (κ2) is 8.96. The van der Waals surface area contributed by atoms with Crippen LogP contribution in [0.5, 0.6) is 11.5 Å². The lowest BCUT2D eigenvalue weighted by atomic mass is 10.2. The molecule has 1 N–H and O–H groups in total. The van der Waals surface area contributed by atoms with Gasteiger partial charge in [-0.05, 0) is 24.3 Å². The van der Waals surface area contributed by atoms with Gasteiger partial charge in [-0.2, -0.15) is 0 Å². The molecule has 1 saturated heterocycles. The highest BCUT2D eigenvalue weighted by Crippen LogP contribution is 2.32. The van der Waals surface area contributed by atoms with Crippen molar-refractivity contribution >= 4 is 17.5 Å². The summed E-state index contributed by atoms with van der Waals surface area (Å²) in [7, 11) is 0. The zero-order valence-corrected chi connectivity index (χ0v) is 16.3. The van der Waals surface area contributed by atoms with Crippen molar-refractivity contribution in [1.82, 2.24) is 9.80 Å². The Morgan fingerprint density at radius 1 is 0.897 bits per heavy atom. The molecule has 0 spiro atoms. The topological polar surface area (TPSA) is 71.1 Å². The first-order chi connectivity index (χ1) is 14.2. The minimum atomic E-state index is -0.0812. The van der Waals surface area contributed by atoms with E-state index in [4.69, 9.17) is 9.47 Å². The maximum absolute atomic E-state index is 12.5. The van der Waals surface area contributed by atoms with Gasteiger partial charge in [-0.1, -0.05) is 18.2 Å². The van der Waals surface area contributed by atoms with Crippen molar-refractivity contribution in [1.29, 1.82) is 0 Å². The molecule has 4 rings (SSSR count). The van der Waals surface area contributed by atoms with Gasteiger partial charge in [-0.25, -0.2) is 0 Å². The molecule has 2 aromatic carbocycles. The predicted molar refractivity (Wildman–Crippen MR) is 109 cm³/mol. The molecule has 2 aliphatic heterocycles. The molecule has 0 aromatic heterocycles. The Balaban J connectivity index is 1.27. The van der Waals surface area contributed by atoms with Crippen molar-refractivity contribution in [3.63, 3.8) is 0 Å². The summed E-state index contributed by atoms with van der Waals surface area (Å²) in [6, 6.07) is 14.7. The first kappa shape index (κ1) is 19.3. The number of anilines is 1. The largest absolute Gasteiger partial charge is 0.490 e. The zero-order chi connectivity index (χ0) is 20.1. The monoisotopic (exact) mass is 395 g/mol. The molecule has 2 heterocycles. The molecule has 0 atom stereocenters. The highest BCUT2D eigenvalue weighted by molar-refractivity contribution is 5.94. The number of rotatable bonds is 4. The number of amides is 2. The normalized spacial score (nSPS) is 16.8. The fraction of sp³-hybridized carbons (Fsp3) is 0.364. The Hall–Kier alpha value is -3.06. The standard InChI is InChI=1S/C22H25N3O4/c26-21(23-18-7-8-19-20(15-18)29-14-4-13-28-19)16-24-9-11-25(12-10-24)22(27)17-5-2-1-3-6-17/h1-3,5-8,15H,4,9-14,16H2,(H,23,26). The summed E-state index contributed by atoms with van der Waals surface area (Å²) < 4.78 is 11.3. The molecule has 0 radical (unpaired) electrons. The molecular formula is C22H25N3O4. The number of ether oxygens (including phenoxy) is 2. The van der Waals surface area contributed by atoms with E-state index in [0.29, 0.717) is 68.7 Å². The number of piperazine rings is 1. The average molecular weight is 395 g/mol. The summed E-state index contributed by atoms with van der Waals surface area (Å²) in [4.78, 5) is 28.9. The number of hydrogen-bond acceptors (Lipinski definition) is 5. The summed E-state index contributed by atoms with van der Waals surface area (Å²) in [6.45, 7) is 4.12. The van der Waals surface area contributed by atoms with Crippen LogP contribution in [0, 0.1) is 0 Å². The van der Waals surface area contributed by atoms with Gasteiger partial charge in [0.15, 0.2) is 11.5 Å². The number of nitrogens with one attached hydrogen (secondary N) is 1. The van der Waals surface area contributed by atoms with Gasteiger partial charge in [0.05, 0.1) is 19.8 Å². The highest BCUT2D eigenvalue weighted by atomic mass is 16.5. The molecule has 29 heavy (non-hydrogen) atoms.